The minimum Gasteiger partial charge on any atom is -0.341 e. The molecule has 6 aromatic heterocycles. The number of ketones is 4. The Morgan fingerprint density at radius 1 is 0.254 bits per heavy atom. The fourth-order valence-corrected chi connectivity index (χ4v) is 17.6. The summed E-state index contributed by atoms with van der Waals surface area (Å²) in [7, 11) is 0. The molecule has 20 nitrogen and oxygen atoms in total. The van der Waals surface area contributed by atoms with E-state index in [9.17, 15) is 38.4 Å². The van der Waals surface area contributed by atoms with Crippen LogP contribution in [-0.2, 0) is 55.1 Å². The van der Waals surface area contributed by atoms with Gasteiger partial charge in [0.25, 0.3) is 0 Å². The van der Waals surface area contributed by atoms with Gasteiger partial charge in [-0.2, -0.15) is 22.7 Å². The van der Waals surface area contributed by atoms with Gasteiger partial charge in [0.1, 0.15) is 0 Å². The van der Waals surface area contributed by atoms with Crippen molar-refractivity contribution in [2.24, 2.45) is 20.6 Å². The van der Waals surface area contributed by atoms with Crippen molar-refractivity contribution < 1.29 is 57.7 Å². The third kappa shape index (κ3) is 18.8. The fraction of sp³-hybridized carbons (Fsp3) is 0.148. The molecule has 0 unspecified atom stereocenters. The molecular formula is C108H92N8O12S2. The molecule has 0 aliphatic heterocycles. The van der Waals surface area contributed by atoms with Gasteiger partial charge in [0, 0.05) is 183 Å². The lowest BCUT2D eigenvalue weighted by Gasteiger charge is -2.06. The second-order valence-electron chi connectivity index (χ2n) is 31.2. The van der Waals surface area contributed by atoms with Crippen molar-refractivity contribution in [3.63, 3.8) is 0 Å². The van der Waals surface area contributed by atoms with E-state index in [0.717, 1.165) is 147 Å². The molecule has 648 valence electrons. The molecule has 0 radical (unpaired) electrons. The zero-order valence-electron chi connectivity index (χ0n) is 73.8. The number of fused-ring (bicyclic) bond motifs is 12. The summed E-state index contributed by atoms with van der Waals surface area (Å²) >= 11 is 3.03. The molecule has 0 aliphatic carbocycles. The molecule has 0 bridgehead atoms. The first-order valence-electron chi connectivity index (χ1n) is 42.6. The molecule has 22 heteroatoms. The molecule has 0 saturated heterocycles. The van der Waals surface area contributed by atoms with Crippen molar-refractivity contribution in [3.8, 4) is 0 Å². The summed E-state index contributed by atoms with van der Waals surface area (Å²) in [5.74, 6) is -1.85. The second kappa shape index (κ2) is 39.6. The third-order valence-electron chi connectivity index (χ3n) is 23.0. The minimum absolute atomic E-state index is 0.00844. The number of hydrogen-bond donors (Lipinski definition) is 0. The first-order chi connectivity index (χ1) is 62.9. The maximum absolute atomic E-state index is 13.3. The Balaban J connectivity index is 0.000000133. The van der Waals surface area contributed by atoms with Gasteiger partial charge in [0.15, 0.2) is 23.1 Å². The van der Waals surface area contributed by atoms with Crippen LogP contribution in [-0.4, -0.2) is 88.1 Å². The predicted octanol–water partition coefficient (Wildman–Crippen LogP) is 24.7. The average molecular weight is 1760 g/mol. The number of carbonyl (C=O) groups is 8. The van der Waals surface area contributed by atoms with Crippen LogP contribution >= 0.6 is 22.7 Å². The average Bonchev–Trinajstić information content (AvgIpc) is 1.62. The lowest BCUT2D eigenvalue weighted by molar-refractivity contribution is -0.141. The van der Waals surface area contributed by atoms with E-state index in [1.165, 1.54) is 36.5 Å². The number of nitrogens with zero attached hydrogens (tertiary/aromatic N) is 8. The Bertz CT molecular complexity index is 7610. The summed E-state index contributed by atoms with van der Waals surface area (Å²) < 4.78 is 8.93. The van der Waals surface area contributed by atoms with E-state index in [1.807, 2.05) is 262 Å². The van der Waals surface area contributed by atoms with Gasteiger partial charge in [0.05, 0.1) is 34.0 Å². The maximum atomic E-state index is 13.3. The molecule has 0 saturated carbocycles. The van der Waals surface area contributed by atoms with Crippen LogP contribution in [0.4, 0.5) is 0 Å². The summed E-state index contributed by atoms with van der Waals surface area (Å²) in [4.78, 5) is 119. The number of oxime groups is 4. The molecule has 12 aromatic carbocycles. The van der Waals surface area contributed by atoms with E-state index < -0.39 is 23.9 Å². The Morgan fingerprint density at radius 2 is 0.485 bits per heavy atom. The molecule has 18 rings (SSSR count). The molecular weight excluding hydrogens is 1670 g/mol. The molecule has 18 aromatic rings. The predicted molar refractivity (Wildman–Crippen MR) is 521 cm³/mol. The van der Waals surface area contributed by atoms with Crippen LogP contribution in [0.3, 0.4) is 0 Å². The van der Waals surface area contributed by atoms with E-state index >= 15 is 0 Å². The van der Waals surface area contributed by atoms with Gasteiger partial charge in [-0.3, -0.25) is 19.2 Å². The minimum atomic E-state index is -0.502. The maximum Gasteiger partial charge on any atom is 0.365 e. The first-order valence-corrected chi connectivity index (χ1v) is 44.5. The van der Waals surface area contributed by atoms with Crippen molar-refractivity contribution in [1.29, 1.82) is 0 Å². The number of carbonyl (C=O) groups excluding carboxylic acids is 8. The van der Waals surface area contributed by atoms with E-state index in [4.69, 9.17) is 19.4 Å². The van der Waals surface area contributed by atoms with Crippen LogP contribution in [0.15, 0.2) is 309 Å². The zero-order chi connectivity index (χ0) is 91.6. The molecule has 0 amide bonds. The van der Waals surface area contributed by atoms with E-state index in [-0.39, 0.29) is 23.1 Å². The summed E-state index contributed by atoms with van der Waals surface area (Å²) in [6.45, 7) is 25.4. The highest BCUT2D eigenvalue weighted by molar-refractivity contribution is 7.08. The smallest absolute Gasteiger partial charge is 0.341 e. The van der Waals surface area contributed by atoms with Crippen molar-refractivity contribution in [2.75, 3.05) is 0 Å². The first kappa shape index (κ1) is 89.3. The van der Waals surface area contributed by atoms with Crippen molar-refractivity contribution in [3.05, 3.63) is 377 Å². The fourth-order valence-electron chi connectivity index (χ4n) is 16.3. The van der Waals surface area contributed by atoms with Crippen LogP contribution in [0.5, 0.6) is 0 Å². The van der Waals surface area contributed by atoms with Crippen molar-refractivity contribution >= 4 is 180 Å². The third-order valence-corrected chi connectivity index (χ3v) is 24.3. The lowest BCUT2D eigenvalue weighted by Crippen LogP contribution is -2.03. The molecule has 130 heavy (non-hydrogen) atoms. The summed E-state index contributed by atoms with van der Waals surface area (Å²) in [5, 5.41) is 31.7. The van der Waals surface area contributed by atoms with Crippen LogP contribution in [0.1, 0.15) is 187 Å². The number of rotatable bonds is 22. The number of benzene rings is 12. The van der Waals surface area contributed by atoms with Gasteiger partial charge in [-0.15, -0.1) is 0 Å². The number of aromatic nitrogens is 4. The molecule has 0 N–H and O–H groups in total. The van der Waals surface area contributed by atoms with Gasteiger partial charge in [-0.05, 0) is 271 Å². The molecule has 0 atom stereocenters. The van der Waals surface area contributed by atoms with E-state index in [1.54, 1.807) is 62.4 Å². The van der Waals surface area contributed by atoms with Gasteiger partial charge < -0.3 is 37.6 Å². The largest absolute Gasteiger partial charge is 0.365 e. The monoisotopic (exact) mass is 1760 g/mol. The summed E-state index contributed by atoms with van der Waals surface area (Å²) in [6.07, 6.45) is 0. The normalized spacial score (nSPS) is 11.8. The van der Waals surface area contributed by atoms with E-state index in [0.29, 0.717) is 78.5 Å². The SMILES string of the molecule is CCn1c2ccc(C(=O)c3ccccc3C)cc2c2cc(/C(C)=N\OC(=O)c3ccccc3)ccc21.CCn1c2ccc(C(=O)c3ccccc3C)cc2c2cc(/C(C)=N\OC(C)=O)ccc21.CCn1c2ccc(C(=O)c3ccsc3)cc2c2cc(/C(C)=N\OC(=O)c3ccccc3)ccc21.CCn1c2ccc(C(=O)c3ccsc3)cc2c2cc(/C(C)=N\OC(C)=O)ccc21. The van der Waals surface area contributed by atoms with Gasteiger partial charge in [-0.1, -0.05) is 130 Å². The quantitative estimate of drug-likeness (QED) is 0.0266. The Morgan fingerprint density at radius 3 is 0.723 bits per heavy atom. The highest BCUT2D eigenvalue weighted by Crippen LogP contribution is 2.38. The van der Waals surface area contributed by atoms with Crippen LogP contribution < -0.4 is 0 Å². The van der Waals surface area contributed by atoms with Crippen LogP contribution in [0.25, 0.3) is 87.2 Å². The zero-order valence-corrected chi connectivity index (χ0v) is 75.5. The number of hydrogen-bond acceptors (Lipinski definition) is 18. The highest BCUT2D eigenvalue weighted by Gasteiger charge is 2.23. The lowest BCUT2D eigenvalue weighted by atomic mass is 9.97. The summed E-state index contributed by atoms with van der Waals surface area (Å²) in [6, 6.07) is 84.3. The number of thiophene rings is 2. The Labute approximate surface area is 758 Å². The topological polar surface area (TPSA) is 243 Å². The van der Waals surface area contributed by atoms with Gasteiger partial charge in [0.2, 0.25) is 0 Å². The van der Waals surface area contributed by atoms with Crippen molar-refractivity contribution in [1.82, 2.24) is 18.3 Å². The Hall–Kier alpha value is -15.5. The molecule has 0 aliphatic rings. The number of aryl methyl sites for hydroxylation is 6. The second-order valence-corrected chi connectivity index (χ2v) is 32.7. The highest BCUT2D eigenvalue weighted by atomic mass is 32.1. The molecule has 6 heterocycles. The van der Waals surface area contributed by atoms with Gasteiger partial charge in [-0.25, -0.2) is 19.2 Å². The molecule has 0 spiro atoms. The summed E-state index contributed by atoms with van der Waals surface area (Å²) in [5.41, 5.74) is 22.7. The standard InChI is InChI=1S/C31H26N2O3.C28H22N2O3S.C26H24N2O3.C23H20N2O3S/c1-4-33-28-16-14-23(21(3)32-36-31(35)22-11-6-5-7-12-22)18-26(28)27-19-24(15-17-29(27)33)30(34)25-13-9-8-10-20(25)2;1-3-30-25-11-9-20(18(2)29-33-28(32)19-7-5-4-6-8-19)15-23(25)24-16-21(10-12-26(24)30)27(31)22-13-14-34-17-22;1-5-28-24-12-10-19(17(3)27-31-18(4)29)14-22(24)23-15-20(11-13-25(23)28)26(30)21-9-7-6-8-16(21)2;1-4-25-21-7-5-16(14(2)24-28-15(3)26)11-19(21)20-12-17(6-8-22(20)25)23(27)18-9-10-29-13-18/h5-19H,4H2,1-3H3;4-17H,3H2,1-2H3;6-15H,5H2,1-4H3;5-13H,4H2,1-3H3/b32-21-;29-18-;27-17-;24-14-. The van der Waals surface area contributed by atoms with Gasteiger partial charge >= 0.3 is 23.9 Å². The Kier molecular flexibility index (Phi) is 27.2. The molecule has 0 fully saturated rings. The van der Waals surface area contributed by atoms with Crippen molar-refractivity contribution in [2.45, 2.75) is 109 Å². The van der Waals surface area contributed by atoms with E-state index in [2.05, 4.69) is 72.7 Å². The van der Waals surface area contributed by atoms with Crippen LogP contribution in [0.2, 0.25) is 0 Å². The van der Waals surface area contributed by atoms with Crippen LogP contribution in [0, 0.1) is 13.8 Å².